The van der Waals surface area contributed by atoms with Gasteiger partial charge in [0.15, 0.2) is 0 Å². The Hall–Kier alpha value is -1.64. The van der Waals surface area contributed by atoms with Crippen molar-refractivity contribution in [2.24, 2.45) is 28.6 Å². The number of ketones is 1. The first-order valence-corrected chi connectivity index (χ1v) is 12.7. The van der Waals surface area contributed by atoms with Crippen LogP contribution in [0.3, 0.4) is 0 Å². The van der Waals surface area contributed by atoms with E-state index in [1.54, 1.807) is 6.92 Å². The van der Waals surface area contributed by atoms with Gasteiger partial charge in [-0.15, -0.1) is 0 Å². The molecule has 0 amide bonds. The van der Waals surface area contributed by atoms with Crippen molar-refractivity contribution in [3.8, 4) is 0 Å². The molecule has 0 heterocycles. The highest BCUT2D eigenvalue weighted by molar-refractivity contribution is 5.80. The molecule has 3 nitrogen and oxygen atoms in total. The minimum atomic E-state index is 0.0340. The van der Waals surface area contributed by atoms with Gasteiger partial charge < -0.3 is 4.74 Å². The van der Waals surface area contributed by atoms with Gasteiger partial charge in [-0.2, -0.15) is 0 Å². The summed E-state index contributed by atoms with van der Waals surface area (Å²) in [5.74, 6) is 1.24. The number of esters is 1. The third kappa shape index (κ3) is 3.38. The third-order valence-electron chi connectivity index (χ3n) is 9.66. The third-order valence-corrected chi connectivity index (χ3v) is 9.66. The molecule has 0 aromatic heterocycles. The molecule has 0 saturated heterocycles. The molecule has 5 aliphatic carbocycles. The van der Waals surface area contributed by atoms with Crippen molar-refractivity contribution in [2.75, 3.05) is 0 Å². The van der Waals surface area contributed by atoms with Crippen molar-refractivity contribution >= 4 is 11.8 Å². The minimum absolute atomic E-state index is 0.0340. The van der Waals surface area contributed by atoms with Crippen molar-refractivity contribution in [1.29, 1.82) is 0 Å². The van der Waals surface area contributed by atoms with Gasteiger partial charge in [0, 0.05) is 17.8 Å². The Morgan fingerprint density at radius 3 is 2.52 bits per heavy atom. The highest BCUT2D eigenvalue weighted by atomic mass is 16.5. The lowest BCUT2D eigenvalue weighted by Crippen LogP contribution is -2.42. The van der Waals surface area contributed by atoms with Crippen LogP contribution in [0.1, 0.15) is 91.4 Å². The van der Waals surface area contributed by atoms with Crippen molar-refractivity contribution in [3.63, 3.8) is 0 Å². The first-order valence-electron chi connectivity index (χ1n) is 12.7. The molecule has 3 saturated carbocycles. The topological polar surface area (TPSA) is 43.4 Å². The van der Waals surface area contributed by atoms with Crippen LogP contribution in [0.5, 0.6) is 0 Å². The molecule has 5 atom stereocenters. The zero-order chi connectivity index (χ0) is 21.8. The molecular weight excluding hydrogens is 384 g/mol. The maximum Gasteiger partial charge on any atom is 0.309 e. The Morgan fingerprint density at radius 2 is 1.77 bits per heavy atom. The number of Topliss-reactive ketones (excluding diaryl/α,β-unsaturated/α-hetero) is 1. The van der Waals surface area contributed by atoms with Crippen molar-refractivity contribution in [3.05, 3.63) is 34.9 Å². The molecule has 3 heteroatoms. The quantitative estimate of drug-likeness (QED) is 0.488. The number of carbonyl (C=O) groups is 2. The summed E-state index contributed by atoms with van der Waals surface area (Å²) in [6.07, 6.45) is 18.8. The first-order chi connectivity index (χ1) is 14.8. The fraction of sp³-hybridized carbons (Fsp3) is 0.714. The van der Waals surface area contributed by atoms with Crippen LogP contribution in [0.2, 0.25) is 0 Å². The number of ether oxygens (including phenoxy) is 1. The van der Waals surface area contributed by atoms with E-state index in [2.05, 4.69) is 32.1 Å². The number of carbonyl (C=O) groups excluding carboxylic acids is 2. The summed E-state index contributed by atoms with van der Waals surface area (Å²) in [5.41, 5.74) is 4.57. The Labute approximate surface area is 187 Å². The molecule has 0 radical (unpaired) electrons. The molecule has 0 aliphatic heterocycles. The monoisotopic (exact) mass is 422 g/mol. The summed E-state index contributed by atoms with van der Waals surface area (Å²) in [6.45, 7) is 6.52. The molecule has 5 rings (SSSR count). The van der Waals surface area contributed by atoms with Crippen molar-refractivity contribution < 1.29 is 14.3 Å². The molecule has 5 unspecified atom stereocenters. The molecule has 0 aromatic carbocycles. The molecule has 168 valence electrons. The second-order valence-electron chi connectivity index (χ2n) is 11.4. The van der Waals surface area contributed by atoms with Gasteiger partial charge in [0.05, 0.1) is 5.92 Å². The van der Waals surface area contributed by atoms with Crippen LogP contribution in [0.4, 0.5) is 0 Å². The largest absolute Gasteiger partial charge is 0.462 e. The van der Waals surface area contributed by atoms with Crippen molar-refractivity contribution in [1.82, 2.24) is 0 Å². The van der Waals surface area contributed by atoms with Crippen LogP contribution >= 0.6 is 0 Å². The smallest absolute Gasteiger partial charge is 0.309 e. The van der Waals surface area contributed by atoms with Gasteiger partial charge >= 0.3 is 5.97 Å². The van der Waals surface area contributed by atoms with E-state index in [-0.39, 0.29) is 34.7 Å². The van der Waals surface area contributed by atoms with Gasteiger partial charge in [-0.05, 0) is 74.3 Å². The van der Waals surface area contributed by atoms with Crippen LogP contribution in [0, 0.1) is 28.6 Å². The van der Waals surface area contributed by atoms with Gasteiger partial charge in [-0.25, -0.2) is 0 Å². The van der Waals surface area contributed by atoms with Crippen LogP contribution in [-0.4, -0.2) is 17.9 Å². The predicted octanol–water partition coefficient (Wildman–Crippen LogP) is 6.49. The lowest BCUT2D eigenvalue weighted by Gasteiger charge is -2.50. The Bertz CT molecular complexity index is 871. The van der Waals surface area contributed by atoms with Gasteiger partial charge in [-0.3, -0.25) is 9.59 Å². The van der Waals surface area contributed by atoms with Crippen LogP contribution in [0.15, 0.2) is 34.9 Å². The molecular formula is C28H38O3. The van der Waals surface area contributed by atoms with E-state index in [0.29, 0.717) is 11.7 Å². The average Bonchev–Trinajstić information content (AvgIpc) is 3.12. The number of hydrogen-bond donors (Lipinski definition) is 0. The lowest BCUT2D eigenvalue weighted by atomic mass is 9.55. The van der Waals surface area contributed by atoms with E-state index >= 15 is 0 Å². The van der Waals surface area contributed by atoms with E-state index in [1.165, 1.54) is 36.0 Å². The normalized spacial score (nSPS) is 40.0. The van der Waals surface area contributed by atoms with E-state index in [1.807, 2.05) is 0 Å². The van der Waals surface area contributed by atoms with Crippen LogP contribution in [0.25, 0.3) is 0 Å². The van der Waals surface area contributed by atoms with Gasteiger partial charge in [-0.1, -0.05) is 56.9 Å². The van der Waals surface area contributed by atoms with Gasteiger partial charge in [0.25, 0.3) is 0 Å². The highest BCUT2D eigenvalue weighted by Crippen LogP contribution is 2.62. The zero-order valence-corrected chi connectivity index (χ0v) is 19.5. The number of hydrogen-bond acceptors (Lipinski definition) is 3. The van der Waals surface area contributed by atoms with E-state index in [9.17, 15) is 9.59 Å². The van der Waals surface area contributed by atoms with Gasteiger partial charge in [0.1, 0.15) is 11.9 Å². The molecule has 0 N–H and O–H groups in total. The zero-order valence-electron chi connectivity index (χ0n) is 19.5. The number of fused-ring (bicyclic) bond motifs is 5. The van der Waals surface area contributed by atoms with Crippen LogP contribution < -0.4 is 0 Å². The Morgan fingerprint density at radius 1 is 1.00 bits per heavy atom. The Balaban J connectivity index is 1.35. The molecule has 0 bridgehead atoms. The molecule has 0 spiro atoms. The van der Waals surface area contributed by atoms with Crippen LogP contribution in [-0.2, 0) is 14.3 Å². The first kappa shape index (κ1) is 21.2. The van der Waals surface area contributed by atoms with Crippen molar-refractivity contribution in [2.45, 2.75) is 97.5 Å². The number of allylic oxidation sites excluding steroid dienone is 5. The predicted molar refractivity (Wildman–Crippen MR) is 122 cm³/mol. The number of rotatable bonds is 3. The summed E-state index contributed by atoms with van der Waals surface area (Å²) in [4.78, 5) is 25.0. The second-order valence-corrected chi connectivity index (χ2v) is 11.4. The lowest BCUT2D eigenvalue weighted by molar-refractivity contribution is -0.156. The maximum atomic E-state index is 12.7. The summed E-state index contributed by atoms with van der Waals surface area (Å²) >= 11 is 0. The fourth-order valence-electron chi connectivity index (χ4n) is 7.71. The summed E-state index contributed by atoms with van der Waals surface area (Å²) < 4.78 is 6.03. The second kappa shape index (κ2) is 7.74. The standard InChI is InChI=1S/C28H38O3/c1-18(29)23-11-12-24-22-10-9-20-17-21(31-26(30)19-7-5-4-6-8-19)13-15-27(20,2)25(22)14-16-28(23,24)3/h9-10,14,19,21,23-24H,4-8,11-13,15-17H2,1-3H3. The SMILES string of the molecule is CC(=O)C1CCC2C3=CC=C4CC(OC(=O)C5CCCCC5)CCC4(C)C3=CCC12C. The van der Waals surface area contributed by atoms with E-state index < -0.39 is 0 Å². The molecule has 5 aliphatic rings. The minimum Gasteiger partial charge on any atom is -0.462 e. The maximum absolute atomic E-state index is 12.7. The summed E-state index contributed by atoms with van der Waals surface area (Å²) in [7, 11) is 0. The molecule has 0 aromatic rings. The van der Waals surface area contributed by atoms with E-state index in [0.717, 1.165) is 51.4 Å². The summed E-state index contributed by atoms with van der Waals surface area (Å²) in [6, 6.07) is 0. The van der Waals surface area contributed by atoms with E-state index in [4.69, 9.17) is 4.74 Å². The Kier molecular flexibility index (Phi) is 5.30. The summed E-state index contributed by atoms with van der Waals surface area (Å²) in [5, 5.41) is 0. The highest BCUT2D eigenvalue weighted by Gasteiger charge is 2.54. The average molecular weight is 423 g/mol. The van der Waals surface area contributed by atoms with Gasteiger partial charge in [0.2, 0.25) is 0 Å². The molecule has 3 fully saturated rings. The molecule has 31 heavy (non-hydrogen) atoms. The fourth-order valence-corrected chi connectivity index (χ4v) is 7.71.